The predicted molar refractivity (Wildman–Crippen MR) is 128 cm³/mol. The molecule has 2 aromatic heterocycles. The molecule has 0 unspecified atom stereocenters. The second-order valence-corrected chi connectivity index (χ2v) is 10.7. The molecule has 1 fully saturated rings. The Hall–Kier alpha value is -2.12. The van der Waals surface area contributed by atoms with E-state index in [1.165, 1.54) is 40.6 Å². The van der Waals surface area contributed by atoms with Crippen molar-refractivity contribution in [2.75, 3.05) is 5.75 Å². The van der Waals surface area contributed by atoms with Crippen LogP contribution in [0.5, 0.6) is 0 Å². The first-order chi connectivity index (χ1) is 15.0. The van der Waals surface area contributed by atoms with Crippen LogP contribution >= 0.6 is 23.1 Å². The molecule has 2 aliphatic carbocycles. The fourth-order valence-corrected chi connectivity index (χ4v) is 6.81. The molecule has 1 saturated carbocycles. The van der Waals surface area contributed by atoms with Crippen molar-refractivity contribution in [1.82, 2.24) is 14.9 Å². The van der Waals surface area contributed by atoms with E-state index in [0.29, 0.717) is 11.2 Å². The third kappa shape index (κ3) is 3.94. The SMILES string of the molecule is Cc1ccc(-n2c(SCC(=O)NC3CCCC3)nc3sc4c(c3c2=O)CCC4)cc1C. The molecule has 3 aromatic rings. The Morgan fingerprint density at radius 1 is 1.19 bits per heavy atom. The average Bonchev–Trinajstić information content (AvgIpc) is 3.46. The summed E-state index contributed by atoms with van der Waals surface area (Å²) in [6.45, 7) is 4.12. The predicted octanol–water partition coefficient (Wildman–Crippen LogP) is 4.70. The van der Waals surface area contributed by atoms with E-state index in [2.05, 4.69) is 19.2 Å². The first-order valence-electron chi connectivity index (χ1n) is 11.1. The number of fused-ring (bicyclic) bond motifs is 3. The number of hydrogen-bond acceptors (Lipinski definition) is 5. The van der Waals surface area contributed by atoms with Gasteiger partial charge in [0.05, 0.1) is 16.8 Å². The van der Waals surface area contributed by atoms with Crippen molar-refractivity contribution in [3.05, 3.63) is 50.1 Å². The molecular weight excluding hydrogens is 426 g/mol. The van der Waals surface area contributed by atoms with Gasteiger partial charge in [-0.05, 0) is 74.8 Å². The topological polar surface area (TPSA) is 64.0 Å². The van der Waals surface area contributed by atoms with Gasteiger partial charge in [0.25, 0.3) is 5.56 Å². The third-order valence-electron chi connectivity index (χ3n) is 6.51. The second kappa shape index (κ2) is 8.43. The molecule has 1 aromatic carbocycles. The van der Waals surface area contributed by atoms with Crippen LogP contribution < -0.4 is 10.9 Å². The molecule has 7 heteroatoms. The van der Waals surface area contributed by atoms with E-state index in [1.54, 1.807) is 15.9 Å². The maximum Gasteiger partial charge on any atom is 0.267 e. The summed E-state index contributed by atoms with van der Waals surface area (Å²) in [6, 6.07) is 6.36. The number of thiophene rings is 1. The van der Waals surface area contributed by atoms with Crippen LogP contribution in [-0.4, -0.2) is 27.3 Å². The van der Waals surface area contributed by atoms with Crippen molar-refractivity contribution < 1.29 is 4.79 Å². The number of nitrogens with one attached hydrogen (secondary N) is 1. The standard InChI is InChI=1S/C24H27N3O2S2/c1-14-10-11-17(12-15(14)2)27-23(29)21-18-8-5-9-19(18)31-22(21)26-24(27)30-13-20(28)25-16-6-3-4-7-16/h10-12,16H,3-9,13H2,1-2H3,(H,25,28). The Morgan fingerprint density at radius 3 is 2.77 bits per heavy atom. The number of aryl methyl sites for hydroxylation is 4. The van der Waals surface area contributed by atoms with Gasteiger partial charge in [-0.25, -0.2) is 4.98 Å². The minimum Gasteiger partial charge on any atom is -0.353 e. The number of thioether (sulfide) groups is 1. The van der Waals surface area contributed by atoms with Crippen molar-refractivity contribution in [3.63, 3.8) is 0 Å². The Labute approximate surface area is 190 Å². The monoisotopic (exact) mass is 453 g/mol. The van der Waals surface area contributed by atoms with Gasteiger partial charge in [-0.2, -0.15) is 0 Å². The van der Waals surface area contributed by atoms with Gasteiger partial charge in [-0.15, -0.1) is 11.3 Å². The number of nitrogens with zero attached hydrogens (tertiary/aromatic N) is 2. The smallest absolute Gasteiger partial charge is 0.267 e. The molecule has 1 amide bonds. The van der Waals surface area contributed by atoms with Crippen LogP contribution in [0.1, 0.15) is 53.7 Å². The lowest BCUT2D eigenvalue weighted by Crippen LogP contribution is -2.34. The van der Waals surface area contributed by atoms with Crippen LogP contribution in [0.2, 0.25) is 0 Å². The van der Waals surface area contributed by atoms with Gasteiger partial charge in [0, 0.05) is 10.9 Å². The van der Waals surface area contributed by atoms with Crippen LogP contribution in [-0.2, 0) is 17.6 Å². The van der Waals surface area contributed by atoms with Gasteiger partial charge in [0.2, 0.25) is 5.91 Å². The summed E-state index contributed by atoms with van der Waals surface area (Å²) in [7, 11) is 0. The highest BCUT2D eigenvalue weighted by Crippen LogP contribution is 2.36. The van der Waals surface area contributed by atoms with Crippen molar-refractivity contribution >= 4 is 39.2 Å². The Morgan fingerprint density at radius 2 is 2.00 bits per heavy atom. The Balaban J connectivity index is 1.54. The summed E-state index contributed by atoms with van der Waals surface area (Å²) in [5.74, 6) is 0.288. The molecule has 31 heavy (non-hydrogen) atoms. The number of hydrogen-bond donors (Lipinski definition) is 1. The summed E-state index contributed by atoms with van der Waals surface area (Å²) in [6.07, 6.45) is 7.60. The highest BCUT2D eigenvalue weighted by Gasteiger charge is 2.24. The quantitative estimate of drug-likeness (QED) is 0.449. The van der Waals surface area contributed by atoms with Crippen molar-refractivity contribution in [2.24, 2.45) is 0 Å². The lowest BCUT2D eigenvalue weighted by atomic mass is 10.1. The zero-order chi connectivity index (χ0) is 21.5. The molecule has 0 radical (unpaired) electrons. The number of rotatable bonds is 5. The van der Waals surface area contributed by atoms with E-state index in [9.17, 15) is 9.59 Å². The first-order valence-corrected chi connectivity index (χ1v) is 12.9. The van der Waals surface area contributed by atoms with Gasteiger partial charge in [-0.1, -0.05) is 30.7 Å². The minimum absolute atomic E-state index is 0.00801. The van der Waals surface area contributed by atoms with Gasteiger partial charge < -0.3 is 5.32 Å². The second-order valence-electron chi connectivity index (χ2n) is 8.68. The van der Waals surface area contributed by atoms with E-state index in [0.717, 1.165) is 53.6 Å². The maximum atomic E-state index is 13.7. The van der Waals surface area contributed by atoms with Gasteiger partial charge >= 0.3 is 0 Å². The maximum absolute atomic E-state index is 13.7. The number of amides is 1. The first kappa shape index (κ1) is 20.8. The van der Waals surface area contributed by atoms with Gasteiger partial charge in [0.1, 0.15) is 4.83 Å². The fraction of sp³-hybridized carbons (Fsp3) is 0.458. The van der Waals surface area contributed by atoms with Crippen LogP contribution in [0.4, 0.5) is 0 Å². The molecular formula is C24H27N3O2S2. The van der Waals surface area contributed by atoms with Crippen molar-refractivity contribution in [3.8, 4) is 5.69 Å². The molecule has 5 rings (SSSR count). The van der Waals surface area contributed by atoms with Crippen LogP contribution in [0.25, 0.3) is 15.9 Å². The van der Waals surface area contributed by atoms with Crippen LogP contribution in [0.3, 0.4) is 0 Å². The minimum atomic E-state index is -0.00801. The summed E-state index contributed by atoms with van der Waals surface area (Å²) >= 11 is 3.01. The molecule has 2 aliphatic rings. The normalized spacial score (nSPS) is 16.2. The highest BCUT2D eigenvalue weighted by atomic mass is 32.2. The summed E-state index contributed by atoms with van der Waals surface area (Å²) in [5, 5.41) is 4.51. The van der Waals surface area contributed by atoms with Crippen LogP contribution in [0, 0.1) is 13.8 Å². The van der Waals surface area contributed by atoms with E-state index in [1.807, 2.05) is 18.2 Å². The van der Waals surface area contributed by atoms with Gasteiger partial charge in [-0.3, -0.25) is 14.2 Å². The highest BCUT2D eigenvalue weighted by molar-refractivity contribution is 7.99. The number of benzene rings is 1. The lowest BCUT2D eigenvalue weighted by Gasteiger charge is -2.15. The molecule has 0 aliphatic heterocycles. The Bertz CT molecular complexity index is 1220. The van der Waals surface area contributed by atoms with Gasteiger partial charge in [0.15, 0.2) is 5.16 Å². The molecule has 162 valence electrons. The van der Waals surface area contributed by atoms with E-state index in [4.69, 9.17) is 4.98 Å². The molecule has 1 N–H and O–H groups in total. The summed E-state index contributed by atoms with van der Waals surface area (Å²) < 4.78 is 1.72. The average molecular weight is 454 g/mol. The van der Waals surface area contributed by atoms with E-state index >= 15 is 0 Å². The molecule has 2 heterocycles. The fourth-order valence-electron chi connectivity index (χ4n) is 4.68. The lowest BCUT2D eigenvalue weighted by molar-refractivity contribution is -0.119. The van der Waals surface area contributed by atoms with E-state index < -0.39 is 0 Å². The molecule has 0 bridgehead atoms. The summed E-state index contributed by atoms with van der Waals surface area (Å²) in [5.41, 5.74) is 4.32. The number of aromatic nitrogens is 2. The Kier molecular flexibility index (Phi) is 5.65. The third-order valence-corrected chi connectivity index (χ3v) is 8.63. The molecule has 5 nitrogen and oxygen atoms in total. The number of carbonyl (C=O) groups excluding carboxylic acids is 1. The van der Waals surface area contributed by atoms with Crippen molar-refractivity contribution in [1.29, 1.82) is 0 Å². The largest absolute Gasteiger partial charge is 0.353 e. The molecule has 0 atom stereocenters. The molecule has 0 saturated heterocycles. The zero-order valence-corrected chi connectivity index (χ0v) is 19.6. The molecule has 0 spiro atoms. The van der Waals surface area contributed by atoms with E-state index in [-0.39, 0.29) is 17.2 Å². The van der Waals surface area contributed by atoms with Crippen LogP contribution in [0.15, 0.2) is 28.2 Å². The van der Waals surface area contributed by atoms with Crippen molar-refractivity contribution in [2.45, 2.75) is 70.0 Å². The summed E-state index contributed by atoms with van der Waals surface area (Å²) in [4.78, 5) is 33.3. The zero-order valence-electron chi connectivity index (χ0n) is 18.0. The number of carbonyl (C=O) groups is 1.